The second kappa shape index (κ2) is 6.00. The van der Waals surface area contributed by atoms with Crippen LogP contribution in [0.25, 0.3) is 10.2 Å². The summed E-state index contributed by atoms with van der Waals surface area (Å²) < 4.78 is 6.31. The van der Waals surface area contributed by atoms with Crippen LogP contribution in [0.1, 0.15) is 39.2 Å². The van der Waals surface area contributed by atoms with Crippen molar-refractivity contribution in [2.75, 3.05) is 18.0 Å². The first kappa shape index (κ1) is 16.6. The van der Waals surface area contributed by atoms with Crippen molar-refractivity contribution in [1.82, 2.24) is 9.97 Å². The number of hydrogen-bond acceptors (Lipinski definition) is 6. The molecule has 1 atom stereocenters. The van der Waals surface area contributed by atoms with Crippen molar-refractivity contribution in [3.8, 4) is 0 Å². The number of piperidine rings is 1. The second-order valence-electron chi connectivity index (χ2n) is 7.20. The van der Waals surface area contributed by atoms with Crippen LogP contribution in [0.3, 0.4) is 0 Å². The smallest absolute Gasteiger partial charge is 0.346 e. The van der Waals surface area contributed by atoms with E-state index in [-0.39, 0.29) is 5.60 Å². The lowest BCUT2D eigenvalue weighted by Gasteiger charge is -2.41. The molecule has 7 heteroatoms. The fourth-order valence-electron chi connectivity index (χ4n) is 4.42. The Morgan fingerprint density at radius 2 is 2.19 bits per heavy atom. The van der Waals surface area contributed by atoms with Gasteiger partial charge in [0.15, 0.2) is 0 Å². The molecule has 2 aliphatic heterocycles. The standard InChI is InChI=1S/C20H19N3O3S/c1-12-15-17(21-11-22-18(15)27-16(12)19(24)25)23-8-4-7-20(10-23)14-6-3-2-5-13(14)9-26-20/h2-3,5-6,11H,4,7-10H2,1H3,(H,24,25)/t20-/m0/s1. The number of nitrogens with zero attached hydrogens (tertiary/aromatic N) is 3. The minimum Gasteiger partial charge on any atom is -0.477 e. The molecule has 5 rings (SSSR count). The third-order valence-electron chi connectivity index (χ3n) is 5.67. The number of benzene rings is 1. The summed E-state index contributed by atoms with van der Waals surface area (Å²) >= 11 is 1.21. The van der Waals surface area contributed by atoms with E-state index in [1.165, 1.54) is 28.8 Å². The van der Waals surface area contributed by atoms with Crippen molar-refractivity contribution in [3.05, 3.63) is 52.2 Å². The zero-order valence-corrected chi connectivity index (χ0v) is 15.8. The van der Waals surface area contributed by atoms with Gasteiger partial charge in [-0.2, -0.15) is 0 Å². The van der Waals surface area contributed by atoms with Crippen LogP contribution < -0.4 is 4.90 Å². The first-order valence-corrected chi connectivity index (χ1v) is 9.85. The Hall–Kier alpha value is -2.51. The summed E-state index contributed by atoms with van der Waals surface area (Å²) in [5, 5.41) is 10.3. The summed E-state index contributed by atoms with van der Waals surface area (Å²) in [5.41, 5.74) is 2.96. The number of aryl methyl sites for hydroxylation is 1. The van der Waals surface area contributed by atoms with Gasteiger partial charge in [-0.1, -0.05) is 24.3 Å². The number of aromatic carboxylic acids is 1. The maximum atomic E-state index is 11.5. The van der Waals surface area contributed by atoms with Gasteiger partial charge in [0.05, 0.1) is 18.5 Å². The number of ether oxygens (including phenoxy) is 1. The number of carbonyl (C=O) groups is 1. The molecule has 138 valence electrons. The molecule has 1 fully saturated rings. The lowest BCUT2D eigenvalue weighted by atomic mass is 9.85. The molecular weight excluding hydrogens is 362 g/mol. The van der Waals surface area contributed by atoms with Crippen LogP contribution in [0.15, 0.2) is 30.6 Å². The Bertz CT molecular complexity index is 1060. The van der Waals surface area contributed by atoms with Crippen molar-refractivity contribution < 1.29 is 14.6 Å². The molecule has 1 saturated heterocycles. The van der Waals surface area contributed by atoms with Crippen molar-refractivity contribution >= 4 is 33.3 Å². The lowest BCUT2D eigenvalue weighted by Crippen LogP contribution is -2.46. The van der Waals surface area contributed by atoms with E-state index >= 15 is 0 Å². The van der Waals surface area contributed by atoms with Crippen molar-refractivity contribution in [2.45, 2.75) is 32.0 Å². The van der Waals surface area contributed by atoms with Crippen LogP contribution in [0, 0.1) is 6.92 Å². The summed E-state index contributed by atoms with van der Waals surface area (Å²) in [6.45, 7) is 4.07. The van der Waals surface area contributed by atoms with E-state index in [0.717, 1.165) is 41.0 Å². The highest BCUT2D eigenvalue weighted by molar-refractivity contribution is 7.20. The summed E-state index contributed by atoms with van der Waals surface area (Å²) in [4.78, 5) is 23.7. The summed E-state index contributed by atoms with van der Waals surface area (Å²) in [5.74, 6) is -0.0991. The fourth-order valence-corrected chi connectivity index (χ4v) is 5.40. The molecule has 0 bridgehead atoms. The SMILES string of the molecule is Cc1c(C(=O)O)sc2ncnc(N3CCC[C@@]4(C3)OCc3ccccc34)c12. The van der Waals surface area contributed by atoms with Gasteiger partial charge in [0.25, 0.3) is 0 Å². The van der Waals surface area contributed by atoms with E-state index < -0.39 is 5.97 Å². The molecule has 1 N–H and O–H groups in total. The Kier molecular flexibility index (Phi) is 3.70. The molecular formula is C20H19N3O3S. The minimum atomic E-state index is -0.912. The Labute approximate surface area is 160 Å². The van der Waals surface area contributed by atoms with Crippen LogP contribution in [0.4, 0.5) is 5.82 Å². The molecule has 1 spiro atoms. The number of thiophene rings is 1. The summed E-state index contributed by atoms with van der Waals surface area (Å²) in [6.07, 6.45) is 3.51. The van der Waals surface area contributed by atoms with Crippen LogP contribution in [-0.4, -0.2) is 34.1 Å². The van der Waals surface area contributed by atoms with Crippen LogP contribution in [0.2, 0.25) is 0 Å². The number of anilines is 1. The molecule has 1 aromatic carbocycles. The number of hydrogen-bond donors (Lipinski definition) is 1. The molecule has 0 aliphatic carbocycles. The quantitative estimate of drug-likeness (QED) is 0.729. The molecule has 0 amide bonds. The van der Waals surface area contributed by atoms with Crippen LogP contribution in [0.5, 0.6) is 0 Å². The monoisotopic (exact) mass is 381 g/mol. The van der Waals surface area contributed by atoms with Gasteiger partial charge in [-0.05, 0) is 36.5 Å². The zero-order chi connectivity index (χ0) is 18.6. The Morgan fingerprint density at radius 3 is 3.04 bits per heavy atom. The topological polar surface area (TPSA) is 75.5 Å². The number of fused-ring (bicyclic) bond motifs is 3. The average molecular weight is 381 g/mol. The molecule has 0 saturated carbocycles. The molecule has 2 aliphatic rings. The first-order valence-electron chi connectivity index (χ1n) is 9.04. The normalized spacial score (nSPS) is 21.7. The lowest BCUT2D eigenvalue weighted by molar-refractivity contribution is -0.0470. The zero-order valence-electron chi connectivity index (χ0n) is 14.9. The molecule has 4 heterocycles. The molecule has 3 aromatic rings. The highest BCUT2D eigenvalue weighted by Gasteiger charge is 2.44. The largest absolute Gasteiger partial charge is 0.477 e. The van der Waals surface area contributed by atoms with Crippen molar-refractivity contribution in [3.63, 3.8) is 0 Å². The van der Waals surface area contributed by atoms with Gasteiger partial charge in [-0.15, -0.1) is 11.3 Å². The predicted octanol–water partition coefficient (Wildman–Crippen LogP) is 3.72. The fraction of sp³-hybridized carbons (Fsp3) is 0.350. The van der Waals surface area contributed by atoms with Crippen LogP contribution >= 0.6 is 11.3 Å². The third kappa shape index (κ3) is 2.45. The van der Waals surface area contributed by atoms with E-state index in [1.807, 2.05) is 6.92 Å². The molecule has 2 aromatic heterocycles. The van der Waals surface area contributed by atoms with Gasteiger partial charge < -0.3 is 14.7 Å². The van der Waals surface area contributed by atoms with Crippen LogP contribution in [-0.2, 0) is 16.9 Å². The van der Waals surface area contributed by atoms with Gasteiger partial charge in [0.2, 0.25) is 0 Å². The Balaban J connectivity index is 1.59. The van der Waals surface area contributed by atoms with E-state index in [4.69, 9.17) is 4.74 Å². The summed E-state index contributed by atoms with van der Waals surface area (Å²) in [7, 11) is 0. The van der Waals surface area contributed by atoms with Gasteiger partial charge in [-0.3, -0.25) is 0 Å². The molecule has 0 unspecified atom stereocenters. The predicted molar refractivity (Wildman–Crippen MR) is 103 cm³/mol. The average Bonchev–Trinajstić information content (AvgIpc) is 3.21. The number of rotatable bonds is 2. The van der Waals surface area contributed by atoms with Gasteiger partial charge in [-0.25, -0.2) is 14.8 Å². The van der Waals surface area contributed by atoms with Gasteiger partial charge in [0, 0.05) is 6.54 Å². The van der Waals surface area contributed by atoms with Crippen molar-refractivity contribution in [2.24, 2.45) is 0 Å². The third-order valence-corrected chi connectivity index (χ3v) is 6.86. The molecule has 0 radical (unpaired) electrons. The Morgan fingerprint density at radius 1 is 1.33 bits per heavy atom. The van der Waals surface area contributed by atoms with E-state index in [0.29, 0.717) is 18.0 Å². The summed E-state index contributed by atoms with van der Waals surface area (Å²) in [6, 6.07) is 8.42. The molecule has 27 heavy (non-hydrogen) atoms. The van der Waals surface area contributed by atoms with E-state index in [9.17, 15) is 9.90 Å². The maximum Gasteiger partial charge on any atom is 0.346 e. The molecule has 6 nitrogen and oxygen atoms in total. The number of aromatic nitrogens is 2. The van der Waals surface area contributed by atoms with E-state index in [2.05, 4.69) is 39.1 Å². The minimum absolute atomic E-state index is 0.314. The second-order valence-corrected chi connectivity index (χ2v) is 8.20. The number of carboxylic acid groups (broad SMARTS) is 1. The van der Waals surface area contributed by atoms with Gasteiger partial charge in [0.1, 0.15) is 27.5 Å². The number of carboxylic acids is 1. The highest BCUT2D eigenvalue weighted by Crippen LogP contribution is 2.45. The first-order chi connectivity index (χ1) is 13.1. The van der Waals surface area contributed by atoms with Gasteiger partial charge >= 0.3 is 5.97 Å². The van der Waals surface area contributed by atoms with E-state index in [1.54, 1.807) is 0 Å². The van der Waals surface area contributed by atoms with Crippen molar-refractivity contribution in [1.29, 1.82) is 0 Å². The highest BCUT2D eigenvalue weighted by atomic mass is 32.1. The maximum absolute atomic E-state index is 11.5.